The Hall–Kier alpha value is -4.94. The first-order valence-corrected chi connectivity index (χ1v) is 20.6. The molecule has 332 valence electrons. The molecule has 21 heteroatoms. The number of amides is 2. The Morgan fingerprint density at radius 1 is 0.590 bits per heavy atom. The zero-order valence-corrected chi connectivity index (χ0v) is 33.9. The van der Waals surface area contributed by atoms with E-state index in [4.69, 9.17) is 37.1 Å². The minimum atomic E-state index is -1.12. The first-order chi connectivity index (χ1) is 29.3. The van der Waals surface area contributed by atoms with E-state index < -0.39 is 60.8 Å². The standard InChI is InChI=1S/C40H58N12O9/c41-29-17-31(43)39(37(57)35(29)55)59-15-3-1-5-25-19-51(49-47-25)21-33(53)45-23-7-11-27(12-8-23)61-28-13-9-24(10-14-28)46-34(54)22-52-20-26(48-50-52)6-2-4-16-60-40-32(44)18-30(42)36(56)38(40)58/h7-14,19-20,29-32,35-40,55-58H,1-6,15-18,21-22,41-44H2,(H,45,53)(H,46,54)/t29-,30-,31+,32+,35+,36+,37-,38-,39-,40-/m1/s1. The maximum atomic E-state index is 12.7. The van der Waals surface area contributed by atoms with E-state index in [9.17, 15) is 30.0 Å². The molecule has 6 rings (SSSR count). The highest BCUT2D eigenvalue weighted by atomic mass is 16.5. The molecule has 2 fully saturated rings. The van der Waals surface area contributed by atoms with Crippen molar-refractivity contribution in [2.45, 2.75) is 125 Å². The van der Waals surface area contributed by atoms with Gasteiger partial charge in [-0.25, -0.2) is 9.36 Å². The van der Waals surface area contributed by atoms with E-state index in [2.05, 4.69) is 31.3 Å². The predicted octanol–water partition coefficient (Wildman–Crippen LogP) is -1.08. The number of unbranched alkanes of at least 4 members (excludes halogenated alkanes) is 2. The summed E-state index contributed by atoms with van der Waals surface area (Å²) in [5.74, 6) is 0.541. The van der Waals surface area contributed by atoms with E-state index in [-0.39, 0.29) is 24.9 Å². The van der Waals surface area contributed by atoms with Crippen LogP contribution in [0.3, 0.4) is 0 Å². The average Bonchev–Trinajstić information content (AvgIpc) is 3.88. The van der Waals surface area contributed by atoms with Crippen molar-refractivity contribution in [2.24, 2.45) is 22.9 Å². The Bertz CT molecular complexity index is 1840. The average molecular weight is 851 g/mol. The summed E-state index contributed by atoms with van der Waals surface area (Å²) in [6, 6.07) is 11.7. The number of carbonyl (C=O) groups excluding carboxylic acids is 2. The monoisotopic (exact) mass is 850 g/mol. The van der Waals surface area contributed by atoms with Crippen molar-refractivity contribution in [1.29, 1.82) is 0 Å². The Morgan fingerprint density at radius 2 is 0.984 bits per heavy atom. The summed E-state index contributed by atoms with van der Waals surface area (Å²) in [7, 11) is 0. The van der Waals surface area contributed by atoms with Gasteiger partial charge in [0.25, 0.3) is 0 Å². The number of rotatable bonds is 20. The van der Waals surface area contributed by atoms with Crippen LogP contribution in [0.4, 0.5) is 11.4 Å². The third-order valence-corrected chi connectivity index (χ3v) is 10.8. The van der Waals surface area contributed by atoms with Crippen LogP contribution in [0.15, 0.2) is 60.9 Å². The normalized spacial score (nSPS) is 26.5. The number of nitrogens with one attached hydrogen (secondary N) is 2. The van der Waals surface area contributed by atoms with Crippen molar-refractivity contribution in [3.05, 3.63) is 72.3 Å². The Morgan fingerprint density at radius 3 is 1.38 bits per heavy atom. The molecule has 2 aliphatic carbocycles. The fourth-order valence-corrected chi connectivity index (χ4v) is 7.38. The van der Waals surface area contributed by atoms with Gasteiger partial charge in [0.2, 0.25) is 11.8 Å². The zero-order valence-electron chi connectivity index (χ0n) is 33.9. The highest BCUT2D eigenvalue weighted by Crippen LogP contribution is 2.26. The molecule has 2 saturated carbocycles. The molecular formula is C40H58N12O9. The summed E-state index contributed by atoms with van der Waals surface area (Å²) >= 11 is 0. The number of aromatic nitrogens is 6. The van der Waals surface area contributed by atoms with Gasteiger partial charge in [-0.05, 0) is 99.9 Å². The van der Waals surface area contributed by atoms with Crippen LogP contribution in [0.1, 0.15) is 49.9 Å². The number of ether oxygens (including phenoxy) is 3. The molecule has 61 heavy (non-hydrogen) atoms. The van der Waals surface area contributed by atoms with Crippen LogP contribution in [-0.4, -0.2) is 136 Å². The SMILES string of the molecule is N[C@@H]1C[C@H](N)[C@@H](OCCCCc2cn(CC(=O)Nc3ccc(Oc4ccc(NC(=O)Cn5cc(CCCCO[C@H]6[C@H](O)[C@@H](O)[C@H](N)C[C@@H]6N)nn5)cc4)cc3)nn2)[C@H](O)[C@H]1O. The number of hydrogen-bond donors (Lipinski definition) is 10. The number of anilines is 2. The second kappa shape index (κ2) is 21.7. The number of aliphatic hydroxyl groups excluding tert-OH is 4. The minimum absolute atomic E-state index is 0.0232. The number of nitrogens with zero attached hydrogens (tertiary/aromatic N) is 6. The number of aliphatic hydroxyl groups is 4. The molecule has 0 unspecified atom stereocenters. The molecule has 0 saturated heterocycles. The van der Waals surface area contributed by atoms with Gasteiger partial charge in [0.1, 0.15) is 49.0 Å². The third kappa shape index (κ3) is 13.0. The summed E-state index contributed by atoms with van der Waals surface area (Å²) < 4.78 is 20.4. The van der Waals surface area contributed by atoms with E-state index in [0.29, 0.717) is 74.6 Å². The molecule has 10 atom stereocenters. The number of aryl methyl sites for hydroxylation is 2. The van der Waals surface area contributed by atoms with Gasteiger partial charge < -0.3 is 68.2 Å². The highest BCUT2D eigenvalue weighted by molar-refractivity contribution is 5.91. The fraction of sp³-hybridized carbons (Fsp3) is 0.550. The lowest BCUT2D eigenvalue weighted by atomic mass is 9.85. The van der Waals surface area contributed by atoms with Gasteiger partial charge in [-0.2, -0.15) is 0 Å². The topological polar surface area (TPSA) is 332 Å². The molecule has 0 spiro atoms. The van der Waals surface area contributed by atoms with Crippen molar-refractivity contribution in [3.63, 3.8) is 0 Å². The van der Waals surface area contributed by atoms with E-state index >= 15 is 0 Å². The van der Waals surface area contributed by atoms with Gasteiger partial charge in [-0.15, -0.1) is 10.2 Å². The Labute approximate surface area is 352 Å². The first-order valence-electron chi connectivity index (χ1n) is 20.6. The lowest BCUT2D eigenvalue weighted by molar-refractivity contribution is -0.127. The highest BCUT2D eigenvalue weighted by Gasteiger charge is 2.42. The van der Waals surface area contributed by atoms with Crippen molar-refractivity contribution in [1.82, 2.24) is 30.0 Å². The van der Waals surface area contributed by atoms with Crippen molar-refractivity contribution >= 4 is 23.2 Å². The van der Waals surface area contributed by atoms with Gasteiger partial charge in [0, 0.05) is 61.1 Å². The summed E-state index contributed by atoms with van der Waals surface area (Å²) in [5, 5.41) is 62.6. The molecule has 2 amide bonds. The van der Waals surface area contributed by atoms with E-state index in [1.807, 2.05) is 0 Å². The summed E-state index contributed by atoms with van der Waals surface area (Å²) in [6.45, 7) is 0.669. The summed E-state index contributed by atoms with van der Waals surface area (Å²) in [4.78, 5) is 25.4. The van der Waals surface area contributed by atoms with Gasteiger partial charge in [0.05, 0.1) is 23.6 Å². The molecule has 2 aromatic heterocycles. The smallest absolute Gasteiger partial charge is 0.246 e. The molecule has 21 nitrogen and oxygen atoms in total. The van der Waals surface area contributed by atoms with E-state index in [0.717, 1.165) is 24.2 Å². The van der Waals surface area contributed by atoms with Gasteiger partial charge in [-0.3, -0.25) is 9.59 Å². The van der Waals surface area contributed by atoms with Crippen LogP contribution in [0.5, 0.6) is 11.5 Å². The molecule has 0 bridgehead atoms. The number of benzene rings is 2. The van der Waals surface area contributed by atoms with Crippen LogP contribution < -0.4 is 38.3 Å². The fourth-order valence-electron chi connectivity index (χ4n) is 7.38. The molecular weight excluding hydrogens is 793 g/mol. The lowest BCUT2D eigenvalue weighted by Crippen LogP contribution is -2.62. The first kappa shape index (κ1) is 45.6. The van der Waals surface area contributed by atoms with Crippen molar-refractivity contribution in [2.75, 3.05) is 23.8 Å². The van der Waals surface area contributed by atoms with E-state index in [1.165, 1.54) is 9.36 Å². The van der Waals surface area contributed by atoms with Gasteiger partial charge >= 0.3 is 0 Å². The van der Waals surface area contributed by atoms with Gasteiger partial charge in [-0.1, -0.05) is 10.4 Å². The maximum absolute atomic E-state index is 12.7. The van der Waals surface area contributed by atoms with Crippen LogP contribution >= 0.6 is 0 Å². The number of hydrogen-bond acceptors (Lipinski definition) is 17. The summed E-state index contributed by atoms with van der Waals surface area (Å²) in [6.07, 6.45) is 2.54. The van der Waals surface area contributed by atoms with Gasteiger partial charge in [0.15, 0.2) is 0 Å². The molecule has 2 aromatic carbocycles. The second-order valence-corrected chi connectivity index (χ2v) is 15.7. The zero-order chi connectivity index (χ0) is 43.5. The molecule has 14 N–H and O–H groups in total. The van der Waals surface area contributed by atoms with Crippen molar-refractivity contribution in [3.8, 4) is 11.5 Å². The molecule has 2 aliphatic rings. The van der Waals surface area contributed by atoms with Crippen molar-refractivity contribution < 1.29 is 44.2 Å². The molecule has 2 heterocycles. The number of nitrogens with two attached hydrogens (primary N) is 4. The van der Waals surface area contributed by atoms with Crippen LogP contribution in [0.25, 0.3) is 0 Å². The molecule has 0 radical (unpaired) electrons. The Kier molecular flexibility index (Phi) is 16.2. The largest absolute Gasteiger partial charge is 0.457 e. The molecule has 4 aromatic rings. The molecule has 0 aliphatic heterocycles. The summed E-state index contributed by atoms with van der Waals surface area (Å²) in [5.41, 5.74) is 26.3. The van der Waals surface area contributed by atoms with E-state index in [1.54, 1.807) is 60.9 Å². The Balaban J connectivity index is 0.839. The van der Waals surface area contributed by atoms with Crippen LogP contribution in [0.2, 0.25) is 0 Å². The maximum Gasteiger partial charge on any atom is 0.246 e. The minimum Gasteiger partial charge on any atom is -0.457 e. The second-order valence-electron chi connectivity index (χ2n) is 15.7. The predicted molar refractivity (Wildman–Crippen MR) is 221 cm³/mol. The quantitative estimate of drug-likeness (QED) is 0.0473. The third-order valence-electron chi connectivity index (χ3n) is 10.8. The number of carbonyl (C=O) groups is 2. The van der Waals surface area contributed by atoms with Crippen LogP contribution in [0, 0.1) is 0 Å². The lowest BCUT2D eigenvalue weighted by Gasteiger charge is -2.39. The van der Waals surface area contributed by atoms with Crippen LogP contribution in [-0.2, 0) is 45.0 Å².